The highest BCUT2D eigenvalue weighted by molar-refractivity contribution is 7.89. The number of pyridine rings is 1. The summed E-state index contributed by atoms with van der Waals surface area (Å²) in [6.07, 6.45) is 4.39. The lowest BCUT2D eigenvalue weighted by Gasteiger charge is -2.04. The second kappa shape index (κ2) is 6.31. The topological polar surface area (TPSA) is 115 Å². The van der Waals surface area contributed by atoms with Crippen LogP contribution in [0.3, 0.4) is 0 Å². The van der Waals surface area contributed by atoms with Gasteiger partial charge < -0.3 is 0 Å². The van der Waals surface area contributed by atoms with Crippen molar-refractivity contribution < 1.29 is 13.3 Å². The first-order valence-electron chi connectivity index (χ1n) is 6.10. The molecule has 2 aromatic rings. The number of benzene rings is 1. The molecule has 0 amide bonds. The minimum atomic E-state index is -3.97. The van der Waals surface area contributed by atoms with Crippen molar-refractivity contribution in [2.24, 2.45) is 5.10 Å². The van der Waals surface area contributed by atoms with Crippen LogP contribution in [-0.2, 0) is 10.0 Å². The van der Waals surface area contributed by atoms with Crippen LogP contribution in [-0.4, -0.2) is 24.5 Å². The van der Waals surface area contributed by atoms with Gasteiger partial charge in [-0.2, -0.15) is 13.5 Å². The molecule has 0 radical (unpaired) electrons. The van der Waals surface area contributed by atoms with Crippen LogP contribution in [0.4, 0.5) is 5.69 Å². The Bertz CT molecular complexity index is 819. The smallest absolute Gasteiger partial charge is 0.265 e. The number of nitro benzene ring substituents is 1. The molecular weight excluding hydrogens is 308 g/mol. The summed E-state index contributed by atoms with van der Waals surface area (Å²) in [6, 6.07) is 6.95. The van der Waals surface area contributed by atoms with Gasteiger partial charge in [-0.1, -0.05) is 6.07 Å². The van der Waals surface area contributed by atoms with E-state index in [1.807, 2.05) is 4.83 Å². The molecule has 1 N–H and O–H groups in total. The summed E-state index contributed by atoms with van der Waals surface area (Å²) in [5.41, 5.74) is 0.776. The monoisotopic (exact) mass is 320 g/mol. The number of sulfonamides is 1. The average molecular weight is 320 g/mol. The van der Waals surface area contributed by atoms with Crippen molar-refractivity contribution in [3.8, 4) is 0 Å². The Morgan fingerprint density at radius 1 is 1.27 bits per heavy atom. The van der Waals surface area contributed by atoms with Gasteiger partial charge in [-0.05, 0) is 30.7 Å². The third-order valence-corrected chi connectivity index (χ3v) is 4.00. The summed E-state index contributed by atoms with van der Waals surface area (Å²) in [6.45, 7) is 1.53. The van der Waals surface area contributed by atoms with Gasteiger partial charge in [0.1, 0.15) is 0 Å². The summed E-state index contributed by atoms with van der Waals surface area (Å²) in [5.74, 6) is 0. The molecule has 0 aliphatic rings. The van der Waals surface area contributed by atoms with Gasteiger partial charge in [-0.15, -0.1) is 0 Å². The van der Waals surface area contributed by atoms with Crippen molar-refractivity contribution >= 4 is 21.9 Å². The molecular formula is C13H12N4O4S. The van der Waals surface area contributed by atoms with Crippen LogP contribution in [0.2, 0.25) is 0 Å². The molecule has 0 aliphatic carbocycles. The summed E-state index contributed by atoms with van der Waals surface area (Å²) >= 11 is 0. The number of hydrogen-bond acceptors (Lipinski definition) is 6. The van der Waals surface area contributed by atoms with E-state index in [2.05, 4.69) is 10.1 Å². The maximum Gasteiger partial charge on any atom is 0.276 e. The van der Waals surface area contributed by atoms with Gasteiger partial charge in [0, 0.05) is 24.0 Å². The van der Waals surface area contributed by atoms with Crippen molar-refractivity contribution in [3.05, 3.63) is 64.0 Å². The molecule has 0 bridgehead atoms. The molecule has 0 saturated carbocycles. The van der Waals surface area contributed by atoms with Crippen LogP contribution in [0.5, 0.6) is 0 Å². The normalized spacial score (nSPS) is 11.5. The van der Waals surface area contributed by atoms with E-state index in [0.29, 0.717) is 11.1 Å². The second-order valence-electron chi connectivity index (χ2n) is 4.34. The summed E-state index contributed by atoms with van der Waals surface area (Å²) in [7, 11) is -3.97. The van der Waals surface area contributed by atoms with Crippen molar-refractivity contribution in [2.75, 3.05) is 0 Å². The number of nitrogens with zero attached hydrogens (tertiary/aromatic N) is 3. The van der Waals surface area contributed by atoms with Crippen molar-refractivity contribution in [3.63, 3.8) is 0 Å². The maximum atomic E-state index is 12.0. The highest BCUT2D eigenvalue weighted by atomic mass is 32.2. The van der Waals surface area contributed by atoms with E-state index in [9.17, 15) is 18.5 Å². The third kappa shape index (κ3) is 3.64. The lowest BCUT2D eigenvalue weighted by Crippen LogP contribution is -2.18. The molecule has 1 heterocycles. The summed E-state index contributed by atoms with van der Waals surface area (Å²) in [5, 5.41) is 14.5. The van der Waals surface area contributed by atoms with Gasteiger partial charge in [0.2, 0.25) is 0 Å². The first-order valence-corrected chi connectivity index (χ1v) is 7.58. The van der Waals surface area contributed by atoms with Gasteiger partial charge >= 0.3 is 0 Å². The number of aryl methyl sites for hydroxylation is 1. The molecule has 2 rings (SSSR count). The fraction of sp³-hybridized carbons (Fsp3) is 0.0769. The molecule has 0 spiro atoms. The van der Waals surface area contributed by atoms with E-state index in [-0.39, 0.29) is 10.6 Å². The molecule has 0 aliphatic heterocycles. The second-order valence-corrected chi connectivity index (χ2v) is 6.00. The minimum absolute atomic E-state index is 0.225. The summed E-state index contributed by atoms with van der Waals surface area (Å²) in [4.78, 5) is 15.8. The Morgan fingerprint density at radius 3 is 2.59 bits per heavy atom. The van der Waals surface area contributed by atoms with Crippen LogP contribution < -0.4 is 4.83 Å². The lowest BCUT2D eigenvalue weighted by molar-refractivity contribution is -0.385. The number of nitrogens with one attached hydrogen (secondary N) is 1. The molecule has 1 aromatic heterocycles. The van der Waals surface area contributed by atoms with Gasteiger partial charge in [-0.25, -0.2) is 4.83 Å². The van der Waals surface area contributed by atoms with Gasteiger partial charge in [0.05, 0.1) is 16.0 Å². The minimum Gasteiger partial charge on any atom is -0.265 e. The third-order valence-electron chi connectivity index (χ3n) is 2.78. The lowest BCUT2D eigenvalue weighted by atomic mass is 10.2. The molecule has 8 nitrogen and oxygen atoms in total. The molecule has 0 fully saturated rings. The van der Waals surface area contributed by atoms with Gasteiger partial charge in [0.25, 0.3) is 15.7 Å². The Hall–Kier alpha value is -2.81. The van der Waals surface area contributed by atoms with Crippen LogP contribution in [0.25, 0.3) is 0 Å². The van der Waals surface area contributed by atoms with Gasteiger partial charge in [0.15, 0.2) is 0 Å². The Labute approximate surface area is 126 Å². The average Bonchev–Trinajstić information content (AvgIpc) is 2.48. The van der Waals surface area contributed by atoms with Crippen LogP contribution in [0.1, 0.15) is 11.1 Å². The quantitative estimate of drug-likeness (QED) is 0.510. The van der Waals surface area contributed by atoms with Crippen molar-refractivity contribution in [1.29, 1.82) is 0 Å². The van der Waals surface area contributed by atoms with E-state index in [4.69, 9.17) is 0 Å². The predicted octanol–water partition coefficient (Wildman–Crippen LogP) is 1.61. The predicted molar refractivity (Wildman–Crippen MR) is 80.0 cm³/mol. The largest absolute Gasteiger partial charge is 0.276 e. The maximum absolute atomic E-state index is 12.0. The molecule has 0 saturated heterocycles. The molecule has 0 atom stereocenters. The molecule has 0 unspecified atom stereocenters. The van der Waals surface area contributed by atoms with E-state index in [1.54, 1.807) is 24.5 Å². The van der Waals surface area contributed by atoms with Crippen LogP contribution in [0.15, 0.2) is 52.7 Å². The number of nitro groups is 1. The number of aromatic nitrogens is 1. The molecule has 22 heavy (non-hydrogen) atoms. The number of hydrazone groups is 1. The molecule has 1 aromatic carbocycles. The standard InChI is InChI=1S/C13H12N4O4S/c1-10-2-3-12(8-13(10)17(18)19)22(20,21)16-15-9-11-4-6-14-7-5-11/h2-9,16H,1H3/b15-9+. The zero-order valence-corrected chi connectivity index (χ0v) is 12.3. The van der Waals surface area contributed by atoms with E-state index < -0.39 is 14.9 Å². The SMILES string of the molecule is Cc1ccc(S(=O)(=O)N/N=C/c2ccncc2)cc1[N+](=O)[O-]. The summed E-state index contributed by atoms with van der Waals surface area (Å²) < 4.78 is 24.1. The van der Waals surface area contributed by atoms with Crippen LogP contribution >= 0.6 is 0 Å². The van der Waals surface area contributed by atoms with Gasteiger partial charge in [-0.3, -0.25) is 15.1 Å². The van der Waals surface area contributed by atoms with E-state index in [0.717, 1.165) is 6.07 Å². The number of rotatable bonds is 5. The zero-order chi connectivity index (χ0) is 16.2. The van der Waals surface area contributed by atoms with Crippen LogP contribution in [0, 0.1) is 17.0 Å². The first-order chi connectivity index (χ1) is 10.4. The Kier molecular flexibility index (Phi) is 4.47. The Morgan fingerprint density at radius 2 is 1.95 bits per heavy atom. The fourth-order valence-electron chi connectivity index (χ4n) is 1.63. The van der Waals surface area contributed by atoms with Crippen molar-refractivity contribution in [2.45, 2.75) is 11.8 Å². The fourth-order valence-corrected chi connectivity index (χ4v) is 2.44. The van der Waals surface area contributed by atoms with E-state index >= 15 is 0 Å². The molecule has 9 heteroatoms. The zero-order valence-electron chi connectivity index (χ0n) is 11.5. The highest BCUT2D eigenvalue weighted by Gasteiger charge is 2.19. The highest BCUT2D eigenvalue weighted by Crippen LogP contribution is 2.21. The van der Waals surface area contributed by atoms with Crippen molar-refractivity contribution in [1.82, 2.24) is 9.82 Å². The Balaban J connectivity index is 2.22. The number of hydrogen-bond donors (Lipinski definition) is 1. The first kappa shape index (κ1) is 15.6. The van der Waals surface area contributed by atoms with E-state index in [1.165, 1.54) is 25.3 Å². The molecule has 114 valence electrons.